The summed E-state index contributed by atoms with van der Waals surface area (Å²) in [4.78, 5) is 10.5. The van der Waals surface area contributed by atoms with Crippen LogP contribution in [-0.4, -0.2) is 23.8 Å². The van der Waals surface area contributed by atoms with Gasteiger partial charge in [-0.1, -0.05) is 26.3 Å². The SMILES string of the molecule is C=C(COC(C)=O)CC(O)CCCC. The molecule has 1 unspecified atom stereocenters. The van der Waals surface area contributed by atoms with Crippen LogP contribution < -0.4 is 0 Å². The van der Waals surface area contributed by atoms with Crippen LogP contribution in [0.1, 0.15) is 39.5 Å². The first-order valence-corrected chi connectivity index (χ1v) is 5.04. The second kappa shape index (κ2) is 7.56. The van der Waals surface area contributed by atoms with Crippen LogP contribution in [-0.2, 0) is 9.53 Å². The van der Waals surface area contributed by atoms with Crippen molar-refractivity contribution in [1.29, 1.82) is 0 Å². The summed E-state index contributed by atoms with van der Waals surface area (Å²) in [7, 11) is 0. The molecule has 0 spiro atoms. The smallest absolute Gasteiger partial charge is 0.302 e. The van der Waals surface area contributed by atoms with E-state index in [-0.39, 0.29) is 18.7 Å². The number of esters is 1. The van der Waals surface area contributed by atoms with Crippen LogP contribution in [0.4, 0.5) is 0 Å². The van der Waals surface area contributed by atoms with Crippen molar-refractivity contribution in [1.82, 2.24) is 0 Å². The first-order chi connectivity index (χ1) is 6.56. The van der Waals surface area contributed by atoms with Gasteiger partial charge in [-0.25, -0.2) is 0 Å². The van der Waals surface area contributed by atoms with Crippen molar-refractivity contribution in [2.24, 2.45) is 0 Å². The molecule has 3 nitrogen and oxygen atoms in total. The van der Waals surface area contributed by atoms with E-state index in [9.17, 15) is 9.90 Å². The van der Waals surface area contributed by atoms with Gasteiger partial charge >= 0.3 is 5.97 Å². The van der Waals surface area contributed by atoms with Gasteiger partial charge in [-0.2, -0.15) is 0 Å². The van der Waals surface area contributed by atoms with Crippen molar-refractivity contribution in [2.45, 2.75) is 45.6 Å². The van der Waals surface area contributed by atoms with E-state index in [0.717, 1.165) is 24.8 Å². The monoisotopic (exact) mass is 200 g/mol. The molecule has 0 heterocycles. The summed E-state index contributed by atoms with van der Waals surface area (Å²) in [6.07, 6.45) is 3.05. The van der Waals surface area contributed by atoms with Gasteiger partial charge in [0, 0.05) is 6.92 Å². The van der Waals surface area contributed by atoms with E-state index in [1.54, 1.807) is 0 Å². The minimum absolute atomic E-state index is 0.221. The zero-order valence-electron chi connectivity index (χ0n) is 9.08. The summed E-state index contributed by atoms with van der Waals surface area (Å²) in [6, 6.07) is 0. The Morgan fingerprint density at radius 1 is 1.57 bits per heavy atom. The van der Waals surface area contributed by atoms with Gasteiger partial charge in [-0.05, 0) is 18.4 Å². The fourth-order valence-electron chi connectivity index (χ4n) is 1.14. The molecule has 3 heteroatoms. The third-order valence-electron chi connectivity index (χ3n) is 1.89. The van der Waals surface area contributed by atoms with E-state index in [2.05, 4.69) is 13.5 Å². The number of ether oxygens (including phenoxy) is 1. The van der Waals surface area contributed by atoms with Crippen molar-refractivity contribution < 1.29 is 14.6 Å². The lowest BCUT2D eigenvalue weighted by atomic mass is 10.1. The average Bonchev–Trinajstić information content (AvgIpc) is 2.11. The van der Waals surface area contributed by atoms with Gasteiger partial charge in [-0.3, -0.25) is 4.79 Å². The first kappa shape index (κ1) is 13.2. The highest BCUT2D eigenvalue weighted by Crippen LogP contribution is 2.10. The summed E-state index contributed by atoms with van der Waals surface area (Å²) < 4.78 is 4.76. The van der Waals surface area contributed by atoms with Crippen LogP contribution in [0.2, 0.25) is 0 Å². The molecule has 0 fully saturated rings. The molecule has 0 aliphatic carbocycles. The Labute approximate surface area is 85.8 Å². The minimum Gasteiger partial charge on any atom is -0.461 e. The van der Waals surface area contributed by atoms with E-state index in [1.807, 2.05) is 0 Å². The average molecular weight is 200 g/mol. The molecule has 0 aliphatic rings. The number of hydrogen-bond acceptors (Lipinski definition) is 3. The fourth-order valence-corrected chi connectivity index (χ4v) is 1.14. The summed E-state index contributed by atoms with van der Waals surface area (Å²) in [5, 5.41) is 9.51. The summed E-state index contributed by atoms with van der Waals surface area (Å²) in [5.74, 6) is -0.311. The quantitative estimate of drug-likeness (QED) is 0.505. The first-order valence-electron chi connectivity index (χ1n) is 5.04. The van der Waals surface area contributed by atoms with Crippen molar-refractivity contribution in [3.63, 3.8) is 0 Å². The molecule has 82 valence electrons. The lowest BCUT2D eigenvalue weighted by molar-refractivity contribution is -0.140. The van der Waals surface area contributed by atoms with Gasteiger partial charge < -0.3 is 9.84 Å². The lowest BCUT2D eigenvalue weighted by Crippen LogP contribution is -2.11. The molecule has 0 saturated carbocycles. The van der Waals surface area contributed by atoms with E-state index in [0.29, 0.717) is 6.42 Å². The van der Waals surface area contributed by atoms with Crippen molar-refractivity contribution >= 4 is 5.97 Å². The number of carbonyl (C=O) groups is 1. The molecule has 0 aliphatic heterocycles. The largest absolute Gasteiger partial charge is 0.461 e. The normalized spacial score (nSPS) is 12.2. The van der Waals surface area contributed by atoms with Crippen LogP contribution >= 0.6 is 0 Å². The predicted molar refractivity (Wildman–Crippen MR) is 55.9 cm³/mol. The fraction of sp³-hybridized carbons (Fsp3) is 0.727. The molecule has 0 bridgehead atoms. The molecule has 1 N–H and O–H groups in total. The van der Waals surface area contributed by atoms with Crippen LogP contribution in [0.5, 0.6) is 0 Å². The number of aliphatic hydroxyl groups is 1. The second-order valence-electron chi connectivity index (χ2n) is 3.53. The van der Waals surface area contributed by atoms with Gasteiger partial charge in [0.05, 0.1) is 6.10 Å². The Kier molecular flexibility index (Phi) is 7.11. The van der Waals surface area contributed by atoms with Crippen LogP contribution in [0.3, 0.4) is 0 Å². The standard InChI is InChI=1S/C11H20O3/c1-4-5-6-11(13)7-9(2)8-14-10(3)12/h11,13H,2,4-8H2,1,3H3. The molecule has 14 heavy (non-hydrogen) atoms. The Bertz CT molecular complexity index is 187. The van der Waals surface area contributed by atoms with Gasteiger partial charge in [0.2, 0.25) is 0 Å². The number of aliphatic hydroxyl groups excluding tert-OH is 1. The van der Waals surface area contributed by atoms with E-state index >= 15 is 0 Å². The maximum Gasteiger partial charge on any atom is 0.302 e. The van der Waals surface area contributed by atoms with E-state index < -0.39 is 0 Å². The van der Waals surface area contributed by atoms with Crippen LogP contribution in [0.25, 0.3) is 0 Å². The van der Waals surface area contributed by atoms with Crippen molar-refractivity contribution in [2.75, 3.05) is 6.61 Å². The van der Waals surface area contributed by atoms with E-state index in [1.165, 1.54) is 6.92 Å². The Hall–Kier alpha value is -0.830. The van der Waals surface area contributed by atoms with Gasteiger partial charge in [0.25, 0.3) is 0 Å². The summed E-state index contributed by atoms with van der Waals surface area (Å²) >= 11 is 0. The zero-order chi connectivity index (χ0) is 11.0. The Balaban J connectivity index is 3.55. The molecular formula is C11H20O3. The van der Waals surface area contributed by atoms with Crippen molar-refractivity contribution in [3.05, 3.63) is 12.2 Å². The van der Waals surface area contributed by atoms with Crippen LogP contribution in [0.15, 0.2) is 12.2 Å². The highest BCUT2D eigenvalue weighted by Gasteiger charge is 2.06. The van der Waals surface area contributed by atoms with E-state index in [4.69, 9.17) is 4.74 Å². The van der Waals surface area contributed by atoms with Crippen molar-refractivity contribution in [3.8, 4) is 0 Å². The molecule has 0 aromatic heterocycles. The molecule has 0 radical (unpaired) electrons. The maximum atomic E-state index is 10.5. The topological polar surface area (TPSA) is 46.5 Å². The van der Waals surface area contributed by atoms with Gasteiger partial charge in [0.15, 0.2) is 0 Å². The van der Waals surface area contributed by atoms with Gasteiger partial charge in [0.1, 0.15) is 6.61 Å². The maximum absolute atomic E-state index is 10.5. The molecule has 0 rings (SSSR count). The molecule has 0 aromatic rings. The molecular weight excluding hydrogens is 180 g/mol. The lowest BCUT2D eigenvalue weighted by Gasteiger charge is -2.11. The number of rotatable bonds is 7. The molecule has 0 aromatic carbocycles. The third kappa shape index (κ3) is 7.80. The highest BCUT2D eigenvalue weighted by molar-refractivity contribution is 5.66. The molecule has 1 atom stereocenters. The predicted octanol–water partition coefficient (Wildman–Crippen LogP) is 2.05. The second-order valence-corrected chi connectivity index (χ2v) is 3.53. The molecule has 0 amide bonds. The minimum atomic E-state index is -0.349. The molecule has 0 saturated heterocycles. The Morgan fingerprint density at radius 3 is 2.71 bits per heavy atom. The highest BCUT2D eigenvalue weighted by atomic mass is 16.5. The Morgan fingerprint density at radius 2 is 2.21 bits per heavy atom. The zero-order valence-corrected chi connectivity index (χ0v) is 9.08. The van der Waals surface area contributed by atoms with Crippen LogP contribution in [0, 0.1) is 0 Å². The summed E-state index contributed by atoms with van der Waals surface area (Å²) in [5.41, 5.74) is 0.767. The number of unbranched alkanes of at least 4 members (excludes halogenated alkanes) is 1. The number of carbonyl (C=O) groups excluding carboxylic acids is 1. The number of hydrogen-bond donors (Lipinski definition) is 1. The summed E-state index contributed by atoms with van der Waals surface area (Å²) in [6.45, 7) is 7.40. The van der Waals surface area contributed by atoms with Gasteiger partial charge in [-0.15, -0.1) is 0 Å². The third-order valence-corrected chi connectivity index (χ3v) is 1.89.